The molecule has 1 N–H and O–H groups in total. The number of hydrogen-bond donors (Lipinski definition) is 1. The van der Waals surface area contributed by atoms with Crippen LogP contribution in [0.3, 0.4) is 0 Å². The Bertz CT molecular complexity index is 932. The van der Waals surface area contributed by atoms with Crippen LogP contribution in [0.4, 0.5) is 5.69 Å². The minimum atomic E-state index is -3.65. The Kier molecular flexibility index (Phi) is 7.47. The molecule has 0 bridgehead atoms. The van der Waals surface area contributed by atoms with Gasteiger partial charge >= 0.3 is 0 Å². The first-order chi connectivity index (χ1) is 13.6. The van der Waals surface area contributed by atoms with E-state index in [2.05, 4.69) is 5.32 Å². The highest BCUT2D eigenvalue weighted by Gasteiger charge is 2.32. The minimum Gasteiger partial charge on any atom is -0.347 e. The van der Waals surface area contributed by atoms with Crippen LogP contribution in [-0.2, 0) is 14.8 Å². The predicted octanol–water partition coefficient (Wildman–Crippen LogP) is 4.42. The van der Waals surface area contributed by atoms with Crippen LogP contribution in [0.15, 0.2) is 42.5 Å². The van der Waals surface area contributed by atoms with E-state index in [1.165, 1.54) is 4.31 Å². The number of nitrogens with one attached hydrogen (secondary N) is 1. The predicted molar refractivity (Wildman–Crippen MR) is 120 cm³/mol. The zero-order valence-electron chi connectivity index (χ0n) is 18.2. The topological polar surface area (TPSA) is 66.5 Å². The summed E-state index contributed by atoms with van der Waals surface area (Å²) in [5.41, 5.74) is 4.60. The summed E-state index contributed by atoms with van der Waals surface area (Å²) in [5.74, 6) is -0.287. The molecule has 0 unspecified atom stereocenters. The van der Waals surface area contributed by atoms with Crippen LogP contribution in [0.2, 0.25) is 0 Å². The first-order valence-corrected chi connectivity index (χ1v) is 11.9. The minimum absolute atomic E-state index is 0.169. The molecule has 2 rings (SSSR count). The Morgan fingerprint density at radius 3 is 1.93 bits per heavy atom. The molecule has 0 aliphatic carbocycles. The number of amides is 1. The first-order valence-electron chi connectivity index (χ1n) is 10.0. The molecule has 29 heavy (non-hydrogen) atoms. The number of benzene rings is 2. The number of hydrogen-bond acceptors (Lipinski definition) is 3. The molecule has 1 amide bonds. The monoisotopic (exact) mass is 416 g/mol. The van der Waals surface area contributed by atoms with Crippen LogP contribution in [0, 0.1) is 20.8 Å². The Hall–Kier alpha value is -2.34. The lowest BCUT2D eigenvalue weighted by atomic mass is 10.0. The van der Waals surface area contributed by atoms with Crippen molar-refractivity contribution in [1.82, 2.24) is 5.32 Å². The smallest absolute Gasteiger partial charge is 0.244 e. The van der Waals surface area contributed by atoms with E-state index in [0.29, 0.717) is 18.5 Å². The van der Waals surface area contributed by atoms with Gasteiger partial charge < -0.3 is 5.32 Å². The molecule has 5 nitrogen and oxygen atoms in total. The SMILES string of the molecule is CC[C@@H](NC(=O)[C@H](CC)N(c1cc(C)cc(C)c1)S(C)(=O)=O)c1ccc(C)cc1. The van der Waals surface area contributed by atoms with Gasteiger partial charge in [-0.3, -0.25) is 9.10 Å². The van der Waals surface area contributed by atoms with Gasteiger partial charge in [-0.15, -0.1) is 0 Å². The van der Waals surface area contributed by atoms with Crippen molar-refractivity contribution in [3.8, 4) is 0 Å². The van der Waals surface area contributed by atoms with Gasteiger partial charge in [0.15, 0.2) is 0 Å². The van der Waals surface area contributed by atoms with Crippen molar-refractivity contribution in [2.45, 2.75) is 59.5 Å². The summed E-state index contributed by atoms with van der Waals surface area (Å²) < 4.78 is 26.6. The van der Waals surface area contributed by atoms with Crippen molar-refractivity contribution in [2.75, 3.05) is 10.6 Å². The average molecular weight is 417 g/mol. The van der Waals surface area contributed by atoms with Gasteiger partial charge in [-0.2, -0.15) is 0 Å². The molecule has 158 valence electrons. The zero-order valence-corrected chi connectivity index (χ0v) is 19.0. The van der Waals surface area contributed by atoms with E-state index in [1.54, 1.807) is 12.1 Å². The van der Waals surface area contributed by atoms with E-state index in [4.69, 9.17) is 0 Å². The number of carbonyl (C=O) groups is 1. The van der Waals surface area contributed by atoms with Crippen LogP contribution in [0.25, 0.3) is 0 Å². The van der Waals surface area contributed by atoms with E-state index in [9.17, 15) is 13.2 Å². The average Bonchev–Trinajstić information content (AvgIpc) is 2.62. The third kappa shape index (κ3) is 5.82. The fraction of sp³-hybridized carbons (Fsp3) is 0.435. The van der Waals surface area contributed by atoms with Crippen LogP contribution in [-0.4, -0.2) is 26.6 Å². The standard InChI is InChI=1S/C23H32N2O3S/c1-7-21(19-11-9-16(3)10-12-19)24-23(26)22(8-2)25(29(6,27)28)20-14-17(4)13-18(5)15-20/h9-15,21-22H,7-8H2,1-6H3,(H,24,26)/t21-,22+/m1/s1. The molecular formula is C23H32N2O3S. The van der Waals surface area contributed by atoms with Crippen molar-refractivity contribution in [3.05, 3.63) is 64.7 Å². The molecule has 0 fully saturated rings. The summed E-state index contributed by atoms with van der Waals surface area (Å²) in [6.45, 7) is 9.69. The zero-order chi connectivity index (χ0) is 21.8. The summed E-state index contributed by atoms with van der Waals surface area (Å²) >= 11 is 0. The number of nitrogens with zero attached hydrogens (tertiary/aromatic N) is 1. The van der Waals surface area contributed by atoms with Gasteiger partial charge in [0.25, 0.3) is 0 Å². The second kappa shape index (κ2) is 9.44. The second-order valence-electron chi connectivity index (χ2n) is 7.71. The van der Waals surface area contributed by atoms with Gasteiger partial charge in [0.05, 0.1) is 18.0 Å². The highest BCUT2D eigenvalue weighted by atomic mass is 32.2. The lowest BCUT2D eigenvalue weighted by Gasteiger charge is -2.32. The van der Waals surface area contributed by atoms with E-state index in [0.717, 1.165) is 28.5 Å². The molecule has 2 atom stereocenters. The Balaban J connectivity index is 2.38. The van der Waals surface area contributed by atoms with Crippen molar-refractivity contribution in [3.63, 3.8) is 0 Å². The largest absolute Gasteiger partial charge is 0.347 e. The van der Waals surface area contributed by atoms with Crippen molar-refractivity contribution in [2.24, 2.45) is 0 Å². The Labute approximate surface area is 175 Å². The fourth-order valence-corrected chi connectivity index (χ4v) is 4.82. The van der Waals surface area contributed by atoms with E-state index >= 15 is 0 Å². The maximum atomic E-state index is 13.2. The lowest BCUT2D eigenvalue weighted by molar-refractivity contribution is -0.123. The van der Waals surface area contributed by atoms with Crippen molar-refractivity contribution in [1.29, 1.82) is 0 Å². The molecule has 0 aromatic heterocycles. The number of anilines is 1. The van der Waals surface area contributed by atoms with E-state index in [1.807, 2.05) is 65.0 Å². The fourth-order valence-electron chi connectivity index (χ4n) is 3.63. The molecule has 0 saturated carbocycles. The molecule has 0 heterocycles. The number of rotatable bonds is 8. The van der Waals surface area contributed by atoms with E-state index in [-0.39, 0.29) is 11.9 Å². The van der Waals surface area contributed by atoms with Gasteiger partial charge in [-0.05, 0) is 62.4 Å². The number of sulfonamides is 1. The highest BCUT2D eigenvalue weighted by Crippen LogP contribution is 2.26. The van der Waals surface area contributed by atoms with Crippen molar-refractivity contribution < 1.29 is 13.2 Å². The summed E-state index contributed by atoms with van der Waals surface area (Å²) in [6, 6.07) is 12.6. The van der Waals surface area contributed by atoms with E-state index < -0.39 is 16.1 Å². The third-order valence-electron chi connectivity index (χ3n) is 5.00. The molecule has 2 aromatic rings. The van der Waals surface area contributed by atoms with Gasteiger partial charge in [0.2, 0.25) is 15.9 Å². The van der Waals surface area contributed by atoms with Gasteiger partial charge in [-0.25, -0.2) is 8.42 Å². The summed E-state index contributed by atoms with van der Waals surface area (Å²) in [4.78, 5) is 13.2. The molecule has 0 saturated heterocycles. The summed E-state index contributed by atoms with van der Waals surface area (Å²) in [6.07, 6.45) is 2.24. The molecule has 0 aliphatic heterocycles. The Morgan fingerprint density at radius 1 is 0.931 bits per heavy atom. The second-order valence-corrected chi connectivity index (χ2v) is 9.57. The highest BCUT2D eigenvalue weighted by molar-refractivity contribution is 7.92. The molecule has 6 heteroatoms. The lowest BCUT2D eigenvalue weighted by Crippen LogP contribution is -2.50. The maximum absolute atomic E-state index is 13.2. The quantitative estimate of drug-likeness (QED) is 0.692. The molecule has 0 spiro atoms. The van der Waals surface area contributed by atoms with Crippen LogP contribution in [0.1, 0.15) is 55.0 Å². The van der Waals surface area contributed by atoms with Gasteiger partial charge in [0.1, 0.15) is 6.04 Å². The molecular weight excluding hydrogens is 384 g/mol. The summed E-state index contributed by atoms with van der Waals surface area (Å²) in [7, 11) is -3.65. The Morgan fingerprint density at radius 2 is 1.48 bits per heavy atom. The van der Waals surface area contributed by atoms with Gasteiger partial charge in [-0.1, -0.05) is 49.7 Å². The maximum Gasteiger partial charge on any atom is 0.244 e. The molecule has 2 aromatic carbocycles. The van der Waals surface area contributed by atoms with Gasteiger partial charge in [0, 0.05) is 0 Å². The third-order valence-corrected chi connectivity index (χ3v) is 6.18. The summed E-state index contributed by atoms with van der Waals surface area (Å²) in [5, 5.41) is 3.06. The van der Waals surface area contributed by atoms with Crippen LogP contribution >= 0.6 is 0 Å². The van der Waals surface area contributed by atoms with Crippen LogP contribution in [0.5, 0.6) is 0 Å². The van der Waals surface area contributed by atoms with Crippen LogP contribution < -0.4 is 9.62 Å². The molecule has 0 aliphatic rings. The molecule has 0 radical (unpaired) electrons. The normalized spacial score (nSPS) is 13.6. The number of aryl methyl sites for hydroxylation is 3. The van der Waals surface area contributed by atoms with Crippen molar-refractivity contribution >= 4 is 21.6 Å². The number of carbonyl (C=O) groups excluding carboxylic acids is 1. The first kappa shape index (κ1) is 22.9.